The molecule has 0 spiro atoms. The van der Waals surface area contributed by atoms with Gasteiger partial charge in [0.25, 0.3) is 0 Å². The predicted octanol–water partition coefficient (Wildman–Crippen LogP) is 9.70. The Labute approximate surface area is 482 Å². The van der Waals surface area contributed by atoms with Gasteiger partial charge in [-0.15, -0.1) is 0 Å². The van der Waals surface area contributed by atoms with Crippen LogP contribution in [0.1, 0.15) is 103 Å². The van der Waals surface area contributed by atoms with Crippen LogP contribution >= 0.6 is 0 Å². The zero-order valence-corrected chi connectivity index (χ0v) is 48.2. The van der Waals surface area contributed by atoms with Crippen molar-refractivity contribution in [3.63, 3.8) is 0 Å². The summed E-state index contributed by atoms with van der Waals surface area (Å²) in [5, 5.41) is 0. The number of amides is 2. The van der Waals surface area contributed by atoms with E-state index in [0.717, 1.165) is 136 Å². The molecule has 0 bridgehead atoms. The summed E-state index contributed by atoms with van der Waals surface area (Å²) < 4.78 is 10.5. The number of aldehydes is 1. The van der Waals surface area contributed by atoms with Crippen molar-refractivity contribution in [3.8, 4) is 35.2 Å². The quantitative estimate of drug-likeness (QED) is 0.0893. The molecule has 2 N–H and O–H groups in total. The lowest BCUT2D eigenvalue weighted by Gasteiger charge is -2.58. The molecule has 4 saturated heterocycles. The van der Waals surface area contributed by atoms with E-state index in [2.05, 4.69) is 111 Å². The number of carbonyl (C=O) groups excluding carboxylic acids is 3. The lowest BCUT2D eigenvalue weighted by atomic mass is 9.73. The Morgan fingerprint density at radius 1 is 0.531 bits per heavy atom. The van der Waals surface area contributed by atoms with Crippen LogP contribution in [0.25, 0.3) is 0 Å². The van der Waals surface area contributed by atoms with E-state index in [4.69, 9.17) is 20.0 Å². The first-order valence-electron chi connectivity index (χ1n) is 29.2. The largest absolute Gasteiger partial charge is 0.497 e. The molecule has 4 aliphatic heterocycles. The van der Waals surface area contributed by atoms with Crippen LogP contribution in [-0.4, -0.2) is 146 Å². The summed E-state index contributed by atoms with van der Waals surface area (Å²) in [6.45, 7) is 15.1. The molecule has 6 aromatic carbocycles. The number of hydrogen-bond donors (Lipinski definition) is 1. The molecular formula is C70H82N6O5. The van der Waals surface area contributed by atoms with Crippen LogP contribution in [0.3, 0.4) is 0 Å². The Hall–Kier alpha value is -7.51. The number of nitrogens with zero attached hydrogens (tertiary/aromatic N) is 5. The van der Waals surface area contributed by atoms with Crippen LogP contribution in [0.5, 0.6) is 11.5 Å². The minimum atomic E-state index is 0.188. The summed E-state index contributed by atoms with van der Waals surface area (Å²) in [7, 11) is 3.32. The summed E-state index contributed by atoms with van der Waals surface area (Å²) in [6.07, 6.45) is 5.87. The Kier molecular flexibility index (Phi) is 22.3. The van der Waals surface area contributed by atoms with Gasteiger partial charge in [0.1, 0.15) is 17.8 Å². The average Bonchev–Trinajstić information content (AvgIpc) is 3.67. The Morgan fingerprint density at radius 2 is 0.889 bits per heavy atom. The van der Waals surface area contributed by atoms with Gasteiger partial charge >= 0.3 is 0 Å². The van der Waals surface area contributed by atoms with Gasteiger partial charge in [-0.05, 0) is 154 Å². The molecular weight excluding hydrogens is 1000 g/mol. The van der Waals surface area contributed by atoms with Crippen LogP contribution in [-0.2, 0) is 27.2 Å². The minimum Gasteiger partial charge on any atom is -0.497 e. The SMILES string of the molecule is CC=O.CCN(CC)C[C@@H]1[C@H](c2ccc(C#Cc3ccccc3)cc2)[C@@H]2CN(C(=O)Cc3ccc(OC)cc3)CCCCN12.COc1ccc(CC(=O)N2CCCCN3[C@H](CN)[C@H](c4ccc(C#Cc5ccccc5)cc4)[C@@H]3C2)cc1. The number of ether oxygens (including phenoxy) is 2. The van der Waals surface area contributed by atoms with Crippen LogP contribution in [0.15, 0.2) is 158 Å². The highest BCUT2D eigenvalue weighted by atomic mass is 16.5. The third-order valence-corrected chi connectivity index (χ3v) is 16.5. The third-order valence-electron chi connectivity index (χ3n) is 16.5. The maximum absolute atomic E-state index is 13.5. The highest BCUT2D eigenvalue weighted by Gasteiger charge is 2.51. The molecule has 6 aromatic rings. The first-order chi connectivity index (χ1) is 39.7. The molecule has 2 amide bonds. The van der Waals surface area contributed by atoms with Crippen molar-refractivity contribution in [1.82, 2.24) is 24.5 Å². The molecule has 0 unspecified atom stereocenters. The van der Waals surface area contributed by atoms with Crippen LogP contribution in [0.2, 0.25) is 0 Å². The number of likely N-dealkylation sites (N-methyl/N-ethyl adjacent to an activating group) is 1. The molecule has 4 aliphatic rings. The van der Waals surface area contributed by atoms with Crippen LogP contribution in [0, 0.1) is 23.7 Å². The summed E-state index contributed by atoms with van der Waals surface area (Å²) in [5.74, 6) is 15.8. The van der Waals surface area contributed by atoms with Crippen molar-refractivity contribution >= 4 is 18.1 Å². The zero-order chi connectivity index (χ0) is 56.9. The molecule has 10 rings (SSSR count). The summed E-state index contributed by atoms with van der Waals surface area (Å²) in [5.41, 5.74) is 15.0. The number of fused-ring (bicyclic) bond motifs is 2. The minimum absolute atomic E-state index is 0.188. The fourth-order valence-corrected chi connectivity index (χ4v) is 12.1. The standard InChI is InChI=1S/C36H43N3O2.C32H35N3O2.C2H4O/c1-4-37(5-2)26-33-36(31-19-15-29(16-20-31)14-13-28-11-7-6-8-12-28)34-27-38(23-9-10-24-39(33)34)35(40)25-30-17-21-32(41-3)22-18-30;1-37-28-17-13-26(14-18-28)21-31(36)34-19-5-6-20-35-29(22-33)32(30(35)23-34)27-15-11-25(12-16-27)10-9-24-7-3-2-4-8-24;1-2-3/h6-8,11-12,15-22,33-34,36H,4-5,9-10,23-27H2,1-3H3;2-4,7-8,11-18,29-30,32H,5-6,19-23,33H2,1H3;2H,1H3/t33-,34+,36+;29-,30+,32+;/m11./s1. The Balaban J connectivity index is 0.000000204. The molecule has 11 heteroatoms. The van der Waals surface area contributed by atoms with E-state index in [1.165, 1.54) is 18.1 Å². The summed E-state index contributed by atoms with van der Waals surface area (Å²) in [6, 6.07) is 54.7. The Morgan fingerprint density at radius 3 is 1.26 bits per heavy atom. The van der Waals surface area contributed by atoms with Gasteiger partial charge in [0.15, 0.2) is 0 Å². The maximum atomic E-state index is 13.5. The number of nitrogens with two attached hydrogens (primary N) is 1. The highest BCUT2D eigenvalue weighted by Crippen LogP contribution is 2.44. The van der Waals surface area contributed by atoms with Gasteiger partial charge in [0, 0.05) is 97.5 Å². The number of carbonyl (C=O) groups is 3. The zero-order valence-electron chi connectivity index (χ0n) is 48.2. The van der Waals surface area contributed by atoms with Gasteiger partial charge in [-0.3, -0.25) is 19.4 Å². The normalized spacial score (nSPS) is 20.4. The van der Waals surface area contributed by atoms with Crippen molar-refractivity contribution in [3.05, 3.63) is 202 Å². The van der Waals surface area contributed by atoms with Crippen molar-refractivity contribution in [2.24, 2.45) is 5.73 Å². The molecule has 6 atom stereocenters. The molecule has 422 valence electrons. The van der Waals surface area contributed by atoms with E-state index < -0.39 is 0 Å². The van der Waals surface area contributed by atoms with Crippen molar-refractivity contribution < 1.29 is 23.9 Å². The van der Waals surface area contributed by atoms with Gasteiger partial charge in [-0.25, -0.2) is 0 Å². The second-order valence-corrected chi connectivity index (χ2v) is 21.4. The number of hydrogen-bond acceptors (Lipinski definition) is 9. The lowest BCUT2D eigenvalue weighted by molar-refractivity contribution is -0.135. The summed E-state index contributed by atoms with van der Waals surface area (Å²) >= 11 is 0. The molecule has 4 fully saturated rings. The smallest absolute Gasteiger partial charge is 0.227 e. The van der Waals surface area contributed by atoms with E-state index in [1.807, 2.05) is 109 Å². The molecule has 4 heterocycles. The highest BCUT2D eigenvalue weighted by molar-refractivity contribution is 5.79. The first-order valence-corrected chi connectivity index (χ1v) is 29.2. The molecule has 0 saturated carbocycles. The van der Waals surface area contributed by atoms with Gasteiger partial charge in [0.05, 0.1) is 27.1 Å². The topological polar surface area (TPSA) is 112 Å². The predicted molar refractivity (Wildman–Crippen MR) is 325 cm³/mol. The fraction of sp³-hybridized carbons (Fsp3) is 0.386. The van der Waals surface area contributed by atoms with Crippen LogP contribution in [0.4, 0.5) is 0 Å². The van der Waals surface area contributed by atoms with Crippen molar-refractivity contribution in [2.75, 3.05) is 79.7 Å². The monoisotopic (exact) mass is 1090 g/mol. The third kappa shape index (κ3) is 15.9. The number of rotatable bonds is 13. The van der Waals surface area contributed by atoms with Crippen molar-refractivity contribution in [1.29, 1.82) is 0 Å². The van der Waals surface area contributed by atoms with E-state index in [0.29, 0.717) is 49.3 Å². The maximum Gasteiger partial charge on any atom is 0.227 e. The van der Waals surface area contributed by atoms with Gasteiger partial charge in [-0.1, -0.05) is 122 Å². The molecule has 0 aliphatic carbocycles. The second-order valence-electron chi connectivity index (χ2n) is 21.4. The molecule has 0 aromatic heterocycles. The van der Waals surface area contributed by atoms with Gasteiger partial charge in [0.2, 0.25) is 11.8 Å². The van der Waals surface area contributed by atoms with Gasteiger partial charge < -0.3 is 34.7 Å². The van der Waals surface area contributed by atoms with Crippen LogP contribution < -0.4 is 15.2 Å². The first kappa shape index (κ1) is 59.6. The Bertz CT molecular complexity index is 3040. The molecule has 0 radical (unpaired) electrons. The summed E-state index contributed by atoms with van der Waals surface area (Å²) in [4.78, 5) is 47.6. The van der Waals surface area contributed by atoms with E-state index in [-0.39, 0.29) is 17.9 Å². The second kappa shape index (κ2) is 30.3. The van der Waals surface area contributed by atoms with E-state index in [9.17, 15) is 9.59 Å². The van der Waals surface area contributed by atoms with Gasteiger partial charge in [-0.2, -0.15) is 0 Å². The molecule has 81 heavy (non-hydrogen) atoms. The van der Waals surface area contributed by atoms with E-state index >= 15 is 0 Å². The average molecular weight is 1090 g/mol. The van der Waals surface area contributed by atoms with Crippen molar-refractivity contribution in [2.45, 2.75) is 95.3 Å². The molecule has 11 nitrogen and oxygen atoms in total. The lowest BCUT2D eigenvalue weighted by Crippen LogP contribution is -2.69. The van der Waals surface area contributed by atoms with E-state index in [1.54, 1.807) is 14.2 Å². The fourth-order valence-electron chi connectivity index (χ4n) is 12.1. The number of benzene rings is 6. The number of methoxy groups -OCH3 is 2.